The molecule has 0 aliphatic rings. The minimum Gasteiger partial charge on any atom is -0.360 e. The van der Waals surface area contributed by atoms with Crippen LogP contribution in [-0.2, 0) is 6.42 Å². The molecule has 0 saturated heterocycles. The molecule has 0 atom stereocenters. The molecule has 0 spiro atoms. The van der Waals surface area contributed by atoms with Gasteiger partial charge in [-0.1, -0.05) is 0 Å². The molecule has 74 valence electrons. The molecule has 14 heavy (non-hydrogen) atoms. The summed E-state index contributed by atoms with van der Waals surface area (Å²) in [6, 6.07) is 0. The van der Waals surface area contributed by atoms with Crippen molar-refractivity contribution in [2.24, 2.45) is 0 Å². The number of hydrogen-bond acceptors (Lipinski definition) is 7. The van der Waals surface area contributed by atoms with Gasteiger partial charge in [0, 0.05) is 24.5 Å². The van der Waals surface area contributed by atoms with Gasteiger partial charge in [-0.05, 0) is 6.92 Å². The largest absolute Gasteiger partial charge is 0.360 e. The van der Waals surface area contributed by atoms with Crippen LogP contribution in [0.5, 0.6) is 0 Å². The number of aromatic nitrogens is 4. The standard InChI is InChI=1S/C7H9N5S2/c1-5-11-12-6(13-5)2-3-8-7-9-4-10-14-7/h4H,2-3H2,1H3,(H,8,9,10). The predicted molar refractivity (Wildman–Crippen MR) is 56.7 cm³/mol. The second kappa shape index (κ2) is 4.43. The zero-order chi connectivity index (χ0) is 9.80. The van der Waals surface area contributed by atoms with Crippen LogP contribution in [0, 0.1) is 6.92 Å². The van der Waals surface area contributed by atoms with Gasteiger partial charge in [0.1, 0.15) is 16.3 Å². The summed E-state index contributed by atoms with van der Waals surface area (Å²) in [5.41, 5.74) is 0. The molecule has 0 bridgehead atoms. The molecule has 7 heteroatoms. The lowest BCUT2D eigenvalue weighted by atomic mass is 10.4. The van der Waals surface area contributed by atoms with E-state index in [4.69, 9.17) is 0 Å². The van der Waals surface area contributed by atoms with Crippen molar-refractivity contribution >= 4 is 28.0 Å². The Labute approximate surface area is 89.4 Å². The van der Waals surface area contributed by atoms with E-state index in [1.54, 1.807) is 17.7 Å². The van der Waals surface area contributed by atoms with Crippen molar-refractivity contribution in [3.63, 3.8) is 0 Å². The predicted octanol–water partition coefficient (Wildman–Crippen LogP) is 1.35. The molecule has 0 fully saturated rings. The average Bonchev–Trinajstić information content (AvgIpc) is 2.77. The van der Waals surface area contributed by atoms with E-state index in [1.165, 1.54) is 11.5 Å². The zero-order valence-corrected chi connectivity index (χ0v) is 9.23. The lowest BCUT2D eigenvalue weighted by Gasteiger charge is -1.97. The van der Waals surface area contributed by atoms with Crippen LogP contribution >= 0.6 is 22.9 Å². The van der Waals surface area contributed by atoms with Crippen LogP contribution in [-0.4, -0.2) is 26.1 Å². The first-order valence-corrected chi connectivity index (χ1v) is 5.73. The van der Waals surface area contributed by atoms with Gasteiger partial charge in [0.25, 0.3) is 0 Å². The van der Waals surface area contributed by atoms with E-state index in [9.17, 15) is 0 Å². The van der Waals surface area contributed by atoms with E-state index in [1.807, 2.05) is 6.92 Å². The number of nitrogens with zero attached hydrogens (tertiary/aromatic N) is 4. The van der Waals surface area contributed by atoms with Gasteiger partial charge in [0.2, 0.25) is 5.13 Å². The fraction of sp³-hybridized carbons (Fsp3) is 0.429. The van der Waals surface area contributed by atoms with E-state index in [0.29, 0.717) is 0 Å². The molecule has 2 aromatic heterocycles. The Morgan fingerprint density at radius 1 is 1.43 bits per heavy atom. The quantitative estimate of drug-likeness (QED) is 0.854. The molecule has 0 aliphatic heterocycles. The summed E-state index contributed by atoms with van der Waals surface area (Å²) in [7, 11) is 0. The van der Waals surface area contributed by atoms with E-state index >= 15 is 0 Å². The van der Waals surface area contributed by atoms with Gasteiger partial charge in [0.15, 0.2) is 0 Å². The lowest BCUT2D eigenvalue weighted by molar-refractivity contribution is 0.929. The molecule has 0 saturated carbocycles. The van der Waals surface area contributed by atoms with Crippen LogP contribution in [0.2, 0.25) is 0 Å². The summed E-state index contributed by atoms with van der Waals surface area (Å²) < 4.78 is 3.89. The summed E-state index contributed by atoms with van der Waals surface area (Å²) in [4.78, 5) is 4.02. The maximum absolute atomic E-state index is 4.03. The molecule has 0 unspecified atom stereocenters. The highest BCUT2D eigenvalue weighted by Gasteiger charge is 2.00. The van der Waals surface area contributed by atoms with Gasteiger partial charge >= 0.3 is 0 Å². The van der Waals surface area contributed by atoms with Crippen LogP contribution < -0.4 is 5.32 Å². The summed E-state index contributed by atoms with van der Waals surface area (Å²) in [6.45, 7) is 2.78. The SMILES string of the molecule is Cc1nnc(CCNc2ncns2)s1. The maximum atomic E-state index is 4.03. The topological polar surface area (TPSA) is 63.6 Å². The highest BCUT2D eigenvalue weighted by molar-refractivity contribution is 7.11. The first-order chi connectivity index (χ1) is 6.84. The molecule has 2 rings (SSSR count). The van der Waals surface area contributed by atoms with Gasteiger partial charge in [0.05, 0.1) is 0 Å². The van der Waals surface area contributed by atoms with Crippen molar-refractivity contribution in [1.29, 1.82) is 0 Å². The molecule has 2 aromatic rings. The third kappa shape index (κ3) is 2.46. The number of nitrogens with one attached hydrogen (secondary N) is 1. The average molecular weight is 227 g/mol. The monoisotopic (exact) mass is 227 g/mol. The van der Waals surface area contributed by atoms with E-state index in [0.717, 1.165) is 28.1 Å². The Bertz CT molecular complexity index is 382. The van der Waals surface area contributed by atoms with Crippen molar-refractivity contribution in [2.45, 2.75) is 13.3 Å². The Kier molecular flexibility index (Phi) is 3.00. The number of anilines is 1. The number of rotatable bonds is 4. The molecule has 0 radical (unpaired) electrons. The van der Waals surface area contributed by atoms with Gasteiger partial charge in [-0.15, -0.1) is 21.5 Å². The Balaban J connectivity index is 1.78. The van der Waals surface area contributed by atoms with Crippen LogP contribution in [0.1, 0.15) is 10.0 Å². The Morgan fingerprint density at radius 3 is 3.00 bits per heavy atom. The van der Waals surface area contributed by atoms with Crippen LogP contribution in [0.15, 0.2) is 6.33 Å². The summed E-state index contributed by atoms with van der Waals surface area (Å²) in [6.07, 6.45) is 2.42. The fourth-order valence-corrected chi connectivity index (χ4v) is 2.13. The van der Waals surface area contributed by atoms with Gasteiger partial charge in [-0.2, -0.15) is 4.37 Å². The first kappa shape index (κ1) is 9.47. The van der Waals surface area contributed by atoms with Crippen molar-refractivity contribution in [1.82, 2.24) is 19.6 Å². The summed E-state index contributed by atoms with van der Waals surface area (Å²) in [5, 5.41) is 14.1. The van der Waals surface area contributed by atoms with E-state index in [-0.39, 0.29) is 0 Å². The third-order valence-electron chi connectivity index (χ3n) is 1.54. The molecular formula is C7H9N5S2. The minimum atomic E-state index is 0.823. The molecular weight excluding hydrogens is 218 g/mol. The molecule has 5 nitrogen and oxygen atoms in total. The van der Waals surface area contributed by atoms with Gasteiger partial charge in [-0.25, -0.2) is 4.98 Å². The second-order valence-electron chi connectivity index (χ2n) is 2.64. The summed E-state index contributed by atoms with van der Waals surface area (Å²) in [5.74, 6) is 0. The van der Waals surface area contributed by atoms with Crippen molar-refractivity contribution < 1.29 is 0 Å². The zero-order valence-electron chi connectivity index (χ0n) is 7.60. The normalized spacial score (nSPS) is 10.4. The van der Waals surface area contributed by atoms with Crippen LogP contribution in [0.4, 0.5) is 5.13 Å². The molecule has 0 amide bonds. The third-order valence-corrected chi connectivity index (χ3v) is 3.07. The van der Waals surface area contributed by atoms with Crippen molar-refractivity contribution in [2.75, 3.05) is 11.9 Å². The minimum absolute atomic E-state index is 0.823. The second-order valence-corrected chi connectivity index (χ2v) is 4.68. The lowest BCUT2D eigenvalue weighted by Crippen LogP contribution is -2.04. The van der Waals surface area contributed by atoms with Crippen molar-refractivity contribution in [3.05, 3.63) is 16.3 Å². The van der Waals surface area contributed by atoms with E-state index in [2.05, 4.69) is 24.9 Å². The Hall–Kier alpha value is -1.08. The van der Waals surface area contributed by atoms with Crippen LogP contribution in [0.25, 0.3) is 0 Å². The maximum Gasteiger partial charge on any atom is 0.202 e. The molecule has 0 aliphatic carbocycles. The number of hydrogen-bond donors (Lipinski definition) is 1. The van der Waals surface area contributed by atoms with Crippen LogP contribution in [0.3, 0.4) is 0 Å². The molecule has 2 heterocycles. The number of aryl methyl sites for hydroxylation is 1. The fourth-order valence-electron chi connectivity index (χ4n) is 0.966. The first-order valence-electron chi connectivity index (χ1n) is 4.14. The van der Waals surface area contributed by atoms with Gasteiger partial charge < -0.3 is 5.32 Å². The summed E-state index contributed by atoms with van der Waals surface area (Å²) >= 11 is 2.99. The highest BCUT2D eigenvalue weighted by Crippen LogP contribution is 2.10. The van der Waals surface area contributed by atoms with E-state index < -0.39 is 0 Å². The molecule has 0 aromatic carbocycles. The van der Waals surface area contributed by atoms with Gasteiger partial charge in [-0.3, -0.25) is 0 Å². The molecule has 1 N–H and O–H groups in total. The van der Waals surface area contributed by atoms with Crippen molar-refractivity contribution in [3.8, 4) is 0 Å². The Morgan fingerprint density at radius 2 is 2.36 bits per heavy atom. The highest BCUT2D eigenvalue weighted by atomic mass is 32.1. The smallest absolute Gasteiger partial charge is 0.202 e.